The molecule has 0 saturated heterocycles. The molecule has 2 rings (SSSR count). The summed E-state index contributed by atoms with van der Waals surface area (Å²) in [6, 6.07) is 0. The third kappa shape index (κ3) is 2.24. The van der Waals surface area contributed by atoms with E-state index in [1.54, 1.807) is 17.5 Å². The highest BCUT2D eigenvalue weighted by Crippen LogP contribution is 2.14. The van der Waals surface area contributed by atoms with E-state index in [0.717, 1.165) is 0 Å². The SMILES string of the molecule is Cc1cscc1CNc1ncc[nH]c1=O. The van der Waals surface area contributed by atoms with Crippen molar-refractivity contribution in [3.8, 4) is 0 Å². The smallest absolute Gasteiger partial charge is 0.290 e. The zero-order valence-corrected chi connectivity index (χ0v) is 9.10. The number of aryl methyl sites for hydroxylation is 1. The lowest BCUT2D eigenvalue weighted by atomic mass is 10.2. The van der Waals surface area contributed by atoms with Crippen molar-refractivity contribution in [3.05, 3.63) is 44.6 Å². The number of nitrogens with zero attached hydrogens (tertiary/aromatic N) is 1. The molecule has 0 aliphatic heterocycles. The second kappa shape index (κ2) is 4.27. The van der Waals surface area contributed by atoms with Crippen LogP contribution in [0.2, 0.25) is 0 Å². The molecule has 0 aliphatic carbocycles. The number of hydrogen-bond acceptors (Lipinski definition) is 4. The van der Waals surface area contributed by atoms with Crippen molar-refractivity contribution < 1.29 is 0 Å². The van der Waals surface area contributed by atoms with Crippen molar-refractivity contribution in [2.45, 2.75) is 13.5 Å². The fourth-order valence-electron chi connectivity index (χ4n) is 1.22. The highest BCUT2D eigenvalue weighted by atomic mass is 32.1. The lowest BCUT2D eigenvalue weighted by molar-refractivity contribution is 1.05. The molecular formula is C10H11N3OS. The summed E-state index contributed by atoms with van der Waals surface area (Å²) in [5, 5.41) is 7.16. The average Bonchev–Trinajstić information content (AvgIpc) is 2.63. The first kappa shape index (κ1) is 9.92. The maximum Gasteiger partial charge on any atom is 0.290 e. The summed E-state index contributed by atoms with van der Waals surface area (Å²) >= 11 is 1.66. The Hall–Kier alpha value is -1.62. The number of aromatic nitrogens is 2. The van der Waals surface area contributed by atoms with Gasteiger partial charge >= 0.3 is 0 Å². The number of hydrogen-bond donors (Lipinski definition) is 2. The molecule has 0 spiro atoms. The van der Waals surface area contributed by atoms with E-state index in [2.05, 4.69) is 33.0 Å². The summed E-state index contributed by atoms with van der Waals surface area (Å²) in [6.07, 6.45) is 3.08. The van der Waals surface area contributed by atoms with Gasteiger partial charge in [0.25, 0.3) is 5.56 Å². The molecule has 0 amide bonds. The standard InChI is InChI=1S/C10H11N3OS/c1-7-5-15-6-8(7)4-13-9-10(14)12-3-2-11-9/h2-3,5-6H,4H2,1H3,(H,11,13)(H,12,14). The van der Waals surface area contributed by atoms with Crippen LogP contribution in [-0.4, -0.2) is 9.97 Å². The Morgan fingerprint density at radius 2 is 2.40 bits per heavy atom. The van der Waals surface area contributed by atoms with Crippen LogP contribution in [0.4, 0.5) is 5.82 Å². The molecular weight excluding hydrogens is 210 g/mol. The molecule has 0 radical (unpaired) electrons. The minimum absolute atomic E-state index is 0.189. The zero-order chi connectivity index (χ0) is 10.7. The van der Waals surface area contributed by atoms with Gasteiger partial charge in [0.05, 0.1) is 0 Å². The van der Waals surface area contributed by atoms with E-state index in [1.807, 2.05) is 0 Å². The molecule has 5 heteroatoms. The summed E-state index contributed by atoms with van der Waals surface area (Å²) in [6.45, 7) is 2.69. The Bertz CT molecular complexity index is 503. The van der Waals surface area contributed by atoms with Gasteiger partial charge in [-0.05, 0) is 28.8 Å². The van der Waals surface area contributed by atoms with Gasteiger partial charge in [-0.15, -0.1) is 0 Å². The van der Waals surface area contributed by atoms with E-state index in [4.69, 9.17) is 0 Å². The summed E-state index contributed by atoms with van der Waals surface area (Å²) in [7, 11) is 0. The van der Waals surface area contributed by atoms with E-state index in [0.29, 0.717) is 12.4 Å². The molecule has 2 N–H and O–H groups in total. The quantitative estimate of drug-likeness (QED) is 0.830. The van der Waals surface area contributed by atoms with Gasteiger partial charge in [-0.25, -0.2) is 4.98 Å². The number of H-pyrrole nitrogens is 1. The van der Waals surface area contributed by atoms with Crippen LogP contribution in [0.1, 0.15) is 11.1 Å². The Morgan fingerprint density at radius 1 is 1.53 bits per heavy atom. The fourth-order valence-corrected chi connectivity index (χ4v) is 2.08. The molecule has 2 aromatic heterocycles. The zero-order valence-electron chi connectivity index (χ0n) is 8.28. The van der Waals surface area contributed by atoms with Crippen molar-refractivity contribution in [2.75, 3.05) is 5.32 Å². The van der Waals surface area contributed by atoms with Crippen LogP contribution in [0, 0.1) is 6.92 Å². The van der Waals surface area contributed by atoms with Gasteiger partial charge in [0.2, 0.25) is 0 Å². The molecule has 15 heavy (non-hydrogen) atoms. The Balaban J connectivity index is 2.09. The van der Waals surface area contributed by atoms with Crippen LogP contribution in [-0.2, 0) is 6.54 Å². The maximum absolute atomic E-state index is 11.3. The van der Waals surface area contributed by atoms with Crippen molar-refractivity contribution in [2.24, 2.45) is 0 Å². The summed E-state index contributed by atoms with van der Waals surface area (Å²) in [5.41, 5.74) is 2.25. The molecule has 2 aromatic rings. The van der Waals surface area contributed by atoms with Crippen LogP contribution >= 0.6 is 11.3 Å². The molecule has 0 aliphatic rings. The first-order valence-corrected chi connectivity index (χ1v) is 5.51. The van der Waals surface area contributed by atoms with E-state index in [1.165, 1.54) is 17.3 Å². The number of thiophene rings is 1. The molecule has 0 unspecified atom stereocenters. The van der Waals surface area contributed by atoms with Gasteiger partial charge in [0, 0.05) is 18.9 Å². The molecule has 0 aromatic carbocycles. The summed E-state index contributed by atoms with van der Waals surface area (Å²) in [5.74, 6) is 0.364. The maximum atomic E-state index is 11.3. The topological polar surface area (TPSA) is 57.8 Å². The molecule has 4 nitrogen and oxygen atoms in total. The second-order valence-corrected chi connectivity index (χ2v) is 3.94. The highest BCUT2D eigenvalue weighted by molar-refractivity contribution is 7.08. The van der Waals surface area contributed by atoms with Crippen molar-refractivity contribution in [1.82, 2.24) is 9.97 Å². The number of anilines is 1. The summed E-state index contributed by atoms with van der Waals surface area (Å²) in [4.78, 5) is 17.8. The van der Waals surface area contributed by atoms with Crippen LogP contribution < -0.4 is 10.9 Å². The Kier molecular flexibility index (Phi) is 2.82. The number of aromatic amines is 1. The molecule has 0 saturated carbocycles. The molecule has 0 fully saturated rings. The first-order valence-electron chi connectivity index (χ1n) is 4.56. The second-order valence-electron chi connectivity index (χ2n) is 3.20. The van der Waals surface area contributed by atoms with Gasteiger partial charge in [0.15, 0.2) is 5.82 Å². The van der Waals surface area contributed by atoms with Crippen LogP contribution in [0.5, 0.6) is 0 Å². The Morgan fingerprint density at radius 3 is 3.07 bits per heavy atom. The lowest BCUT2D eigenvalue weighted by Crippen LogP contribution is -2.15. The van der Waals surface area contributed by atoms with E-state index in [-0.39, 0.29) is 5.56 Å². The minimum Gasteiger partial charge on any atom is -0.361 e. The first-order chi connectivity index (χ1) is 7.27. The van der Waals surface area contributed by atoms with E-state index in [9.17, 15) is 4.79 Å². The predicted molar refractivity (Wildman–Crippen MR) is 61.2 cm³/mol. The molecule has 0 atom stereocenters. The Labute approximate surface area is 91.0 Å². The fraction of sp³-hybridized carbons (Fsp3) is 0.200. The molecule has 0 bridgehead atoms. The van der Waals surface area contributed by atoms with Gasteiger partial charge in [0.1, 0.15) is 0 Å². The van der Waals surface area contributed by atoms with Gasteiger partial charge in [-0.3, -0.25) is 4.79 Å². The lowest BCUT2D eigenvalue weighted by Gasteiger charge is -2.03. The largest absolute Gasteiger partial charge is 0.361 e. The molecule has 2 heterocycles. The van der Waals surface area contributed by atoms with E-state index < -0.39 is 0 Å². The average molecular weight is 221 g/mol. The van der Waals surface area contributed by atoms with Crippen molar-refractivity contribution in [1.29, 1.82) is 0 Å². The van der Waals surface area contributed by atoms with Crippen LogP contribution in [0.25, 0.3) is 0 Å². The van der Waals surface area contributed by atoms with Crippen LogP contribution in [0.3, 0.4) is 0 Å². The number of rotatable bonds is 3. The predicted octanol–water partition coefficient (Wildman–Crippen LogP) is 1.75. The summed E-state index contributed by atoms with van der Waals surface area (Å²) < 4.78 is 0. The van der Waals surface area contributed by atoms with Crippen LogP contribution in [0.15, 0.2) is 27.9 Å². The van der Waals surface area contributed by atoms with Crippen molar-refractivity contribution >= 4 is 17.2 Å². The normalized spacial score (nSPS) is 10.2. The highest BCUT2D eigenvalue weighted by Gasteiger charge is 2.01. The van der Waals surface area contributed by atoms with E-state index >= 15 is 0 Å². The van der Waals surface area contributed by atoms with Gasteiger partial charge in [-0.2, -0.15) is 11.3 Å². The van der Waals surface area contributed by atoms with Gasteiger partial charge < -0.3 is 10.3 Å². The minimum atomic E-state index is -0.189. The molecule has 78 valence electrons. The number of nitrogens with one attached hydrogen (secondary N) is 2. The third-order valence-electron chi connectivity index (χ3n) is 2.12. The third-order valence-corrected chi connectivity index (χ3v) is 3.03. The van der Waals surface area contributed by atoms with Crippen molar-refractivity contribution in [3.63, 3.8) is 0 Å². The van der Waals surface area contributed by atoms with Gasteiger partial charge in [-0.1, -0.05) is 0 Å². The monoisotopic (exact) mass is 221 g/mol.